The molecule has 0 aliphatic carbocycles. The zero-order chi connectivity index (χ0) is 29.0. The Kier molecular flexibility index (Phi) is 10.2. The van der Waals surface area contributed by atoms with Gasteiger partial charge in [0, 0.05) is 34.1 Å². The Balaban J connectivity index is 1.91. The van der Waals surface area contributed by atoms with Gasteiger partial charge in [-0.2, -0.15) is 13.2 Å². The fourth-order valence-corrected chi connectivity index (χ4v) is 5.42. The molecule has 0 fully saturated rings. The molecule has 212 valence electrons. The number of ether oxygens (including phenoxy) is 1. The molecule has 3 rings (SSSR count). The van der Waals surface area contributed by atoms with E-state index in [1.807, 2.05) is 0 Å². The number of hydrogen-bond donors (Lipinski definition) is 1. The highest BCUT2D eigenvalue weighted by atomic mass is 35.5. The Bertz CT molecular complexity index is 1220. The smallest absolute Gasteiger partial charge is 0.408 e. The van der Waals surface area contributed by atoms with Crippen molar-refractivity contribution < 1.29 is 32.3 Å². The number of alkyl carbamates (subject to hydrolysis) is 1. The first-order valence-corrected chi connectivity index (χ1v) is 14.0. The van der Waals surface area contributed by atoms with Crippen LogP contribution in [0.25, 0.3) is 0 Å². The van der Waals surface area contributed by atoms with Crippen molar-refractivity contribution in [3.63, 3.8) is 0 Å². The van der Waals surface area contributed by atoms with Gasteiger partial charge < -0.3 is 15.0 Å². The molecule has 6 nitrogen and oxygen atoms in total. The van der Waals surface area contributed by atoms with Crippen molar-refractivity contribution in [1.82, 2.24) is 5.32 Å². The van der Waals surface area contributed by atoms with Crippen LogP contribution in [0.2, 0.25) is 10.0 Å². The van der Waals surface area contributed by atoms with E-state index >= 15 is 0 Å². The van der Waals surface area contributed by atoms with Crippen LogP contribution in [-0.4, -0.2) is 41.4 Å². The van der Waals surface area contributed by atoms with E-state index in [-0.39, 0.29) is 42.1 Å². The topological polar surface area (TPSA) is 75.7 Å². The Morgan fingerprint density at radius 1 is 1.10 bits per heavy atom. The Morgan fingerprint density at radius 2 is 1.77 bits per heavy atom. The SMILES string of the molecule is CC(C)(C)OC(=O)N[C@H]1CSc2cc(Cl)c(C(=O)CCCCC(F)(F)F)cc2N(Cc2ccc(Cl)cc2)C1=O. The predicted molar refractivity (Wildman–Crippen MR) is 147 cm³/mol. The summed E-state index contributed by atoms with van der Waals surface area (Å²) in [4.78, 5) is 41.2. The van der Waals surface area contributed by atoms with Crippen molar-refractivity contribution in [1.29, 1.82) is 0 Å². The van der Waals surface area contributed by atoms with Gasteiger partial charge in [-0.1, -0.05) is 35.3 Å². The molecular weight excluding hydrogens is 576 g/mol. The maximum Gasteiger partial charge on any atom is 0.408 e. The van der Waals surface area contributed by atoms with Crippen LogP contribution in [0.1, 0.15) is 62.4 Å². The van der Waals surface area contributed by atoms with Crippen molar-refractivity contribution in [2.75, 3.05) is 10.7 Å². The lowest BCUT2D eigenvalue weighted by molar-refractivity contribution is -0.135. The van der Waals surface area contributed by atoms with Gasteiger partial charge in [-0.25, -0.2) is 4.79 Å². The van der Waals surface area contributed by atoms with Crippen LogP contribution < -0.4 is 10.2 Å². The van der Waals surface area contributed by atoms with Crippen LogP contribution in [0, 0.1) is 0 Å². The Labute approximate surface area is 239 Å². The largest absolute Gasteiger partial charge is 0.444 e. The molecule has 0 unspecified atom stereocenters. The van der Waals surface area contributed by atoms with Gasteiger partial charge in [0.25, 0.3) is 5.91 Å². The van der Waals surface area contributed by atoms with E-state index in [1.54, 1.807) is 51.1 Å². The second-order valence-electron chi connectivity index (χ2n) is 10.1. The molecule has 0 bridgehead atoms. The number of nitrogens with zero attached hydrogens (tertiary/aromatic N) is 1. The number of ketones is 1. The number of rotatable bonds is 8. The van der Waals surface area contributed by atoms with E-state index in [4.69, 9.17) is 27.9 Å². The maximum absolute atomic E-state index is 13.7. The molecule has 39 heavy (non-hydrogen) atoms. The maximum atomic E-state index is 13.7. The number of Topliss-reactive ketones (excluding diaryl/α,β-unsaturated/α-hetero) is 1. The van der Waals surface area contributed by atoms with Gasteiger partial charge in [-0.05, 0) is 63.4 Å². The van der Waals surface area contributed by atoms with Crippen molar-refractivity contribution in [2.45, 2.75) is 75.7 Å². The van der Waals surface area contributed by atoms with Gasteiger partial charge in [0.2, 0.25) is 0 Å². The molecule has 0 aromatic heterocycles. The summed E-state index contributed by atoms with van der Waals surface area (Å²) in [5.74, 6) is -0.655. The predicted octanol–water partition coefficient (Wildman–Crippen LogP) is 7.83. The van der Waals surface area contributed by atoms with Crippen molar-refractivity contribution in [3.05, 3.63) is 57.6 Å². The summed E-state index contributed by atoms with van der Waals surface area (Å²) in [6.07, 6.45) is -6.23. The van der Waals surface area contributed by atoms with E-state index in [0.717, 1.165) is 5.56 Å². The highest BCUT2D eigenvalue weighted by molar-refractivity contribution is 7.99. The number of alkyl halides is 3. The number of anilines is 1. The van der Waals surface area contributed by atoms with Crippen LogP contribution in [0.3, 0.4) is 0 Å². The van der Waals surface area contributed by atoms with E-state index in [1.165, 1.54) is 22.7 Å². The first-order valence-electron chi connectivity index (χ1n) is 12.2. The fourth-order valence-electron chi connectivity index (χ4n) is 3.87. The molecule has 1 N–H and O–H groups in total. The number of thioether (sulfide) groups is 1. The molecule has 1 heterocycles. The van der Waals surface area contributed by atoms with Crippen molar-refractivity contribution in [3.8, 4) is 0 Å². The lowest BCUT2D eigenvalue weighted by Gasteiger charge is -2.27. The molecule has 2 amide bonds. The lowest BCUT2D eigenvalue weighted by atomic mass is 10.0. The molecule has 12 heteroatoms. The molecule has 2 aromatic carbocycles. The van der Waals surface area contributed by atoms with Gasteiger partial charge in [-0.15, -0.1) is 11.8 Å². The quantitative estimate of drug-likeness (QED) is 0.245. The van der Waals surface area contributed by atoms with E-state index in [2.05, 4.69) is 5.32 Å². The third-order valence-electron chi connectivity index (χ3n) is 5.67. The molecule has 0 spiro atoms. The zero-order valence-electron chi connectivity index (χ0n) is 21.7. The number of halogens is 5. The molecular formula is C27H29Cl2F3N2O4S. The van der Waals surface area contributed by atoms with Gasteiger partial charge in [0.1, 0.15) is 11.6 Å². The fraction of sp³-hybridized carbons (Fsp3) is 0.444. The molecule has 1 atom stereocenters. The lowest BCUT2D eigenvalue weighted by Crippen LogP contribution is -2.50. The number of carbonyl (C=O) groups excluding carboxylic acids is 3. The van der Waals surface area contributed by atoms with Gasteiger partial charge in [0.05, 0.1) is 17.3 Å². The summed E-state index contributed by atoms with van der Waals surface area (Å²) in [5.41, 5.74) is 0.517. The summed E-state index contributed by atoms with van der Waals surface area (Å²) in [5, 5.41) is 3.30. The molecule has 0 saturated heterocycles. The molecule has 1 aliphatic heterocycles. The number of fused-ring (bicyclic) bond motifs is 1. The van der Waals surface area contributed by atoms with E-state index in [0.29, 0.717) is 15.6 Å². The highest BCUT2D eigenvalue weighted by Gasteiger charge is 2.34. The highest BCUT2D eigenvalue weighted by Crippen LogP contribution is 2.39. The Morgan fingerprint density at radius 3 is 2.38 bits per heavy atom. The van der Waals surface area contributed by atoms with Crippen LogP contribution in [0.5, 0.6) is 0 Å². The number of hydrogen-bond acceptors (Lipinski definition) is 5. The number of benzene rings is 2. The summed E-state index contributed by atoms with van der Waals surface area (Å²) < 4.78 is 42.8. The number of carbonyl (C=O) groups is 3. The third kappa shape index (κ3) is 9.32. The minimum Gasteiger partial charge on any atom is -0.444 e. The summed E-state index contributed by atoms with van der Waals surface area (Å²) in [7, 11) is 0. The average molecular weight is 606 g/mol. The van der Waals surface area contributed by atoms with E-state index < -0.39 is 42.0 Å². The monoisotopic (exact) mass is 604 g/mol. The Hall–Kier alpha value is -2.43. The van der Waals surface area contributed by atoms with Gasteiger partial charge in [0.15, 0.2) is 5.78 Å². The van der Waals surface area contributed by atoms with Crippen LogP contribution in [0.4, 0.5) is 23.7 Å². The normalized spacial score (nSPS) is 15.9. The standard InChI is InChI=1S/C27H29Cl2F3N2O4S/c1-26(2,3)38-25(37)33-20-15-39-23-13-19(29)18(22(35)6-4-5-11-27(30,31)32)12-21(23)34(24(20)36)14-16-7-9-17(28)10-8-16/h7-10,12-13,20H,4-6,11,14-15H2,1-3H3,(H,33,37)/t20-/m0/s1. The number of unbranched alkanes of at least 4 members (excludes halogenated alkanes) is 1. The van der Waals surface area contributed by atoms with Crippen LogP contribution in [-0.2, 0) is 16.1 Å². The molecule has 1 aliphatic rings. The molecule has 0 saturated carbocycles. The minimum atomic E-state index is -4.28. The summed E-state index contributed by atoms with van der Waals surface area (Å²) >= 11 is 13.7. The second kappa shape index (κ2) is 12.8. The third-order valence-corrected chi connectivity index (χ3v) is 7.37. The number of amides is 2. The van der Waals surface area contributed by atoms with Gasteiger partial charge in [-0.3, -0.25) is 9.59 Å². The first-order chi connectivity index (χ1) is 18.1. The minimum absolute atomic E-state index is 0.0514. The van der Waals surface area contributed by atoms with Crippen LogP contribution in [0.15, 0.2) is 41.3 Å². The zero-order valence-corrected chi connectivity index (χ0v) is 24.0. The molecule has 0 radical (unpaired) electrons. The van der Waals surface area contributed by atoms with Crippen molar-refractivity contribution in [2.24, 2.45) is 0 Å². The average Bonchev–Trinajstić information content (AvgIpc) is 2.93. The van der Waals surface area contributed by atoms with Crippen LogP contribution >= 0.6 is 35.0 Å². The summed E-state index contributed by atoms with van der Waals surface area (Å²) in [6.45, 7) is 5.24. The van der Waals surface area contributed by atoms with Gasteiger partial charge >= 0.3 is 12.3 Å². The van der Waals surface area contributed by atoms with E-state index in [9.17, 15) is 27.6 Å². The number of nitrogens with one attached hydrogen (secondary N) is 1. The van der Waals surface area contributed by atoms with Crippen molar-refractivity contribution >= 4 is 58.4 Å². The second-order valence-corrected chi connectivity index (χ2v) is 12.0. The first kappa shape index (κ1) is 31.1. The summed E-state index contributed by atoms with van der Waals surface area (Å²) in [6, 6.07) is 9.01. The molecule has 2 aromatic rings.